The average Bonchev–Trinajstić information content (AvgIpc) is 3.56. The Kier molecular flexibility index (Phi) is 6.27. The fraction of sp³-hybridized carbons (Fsp3) is 0.0833. The maximum Gasteiger partial charge on any atom is 0.269 e. The number of rotatable bonds is 3. The molecular formula is C24H22N8O2S2. The fourth-order valence-electron chi connectivity index (χ4n) is 3.80. The Morgan fingerprint density at radius 2 is 1.17 bits per heavy atom. The molecule has 0 spiro atoms. The highest BCUT2D eigenvalue weighted by atomic mass is 32.1. The first-order chi connectivity index (χ1) is 17.4. The van der Waals surface area contributed by atoms with Crippen LogP contribution in [0.3, 0.4) is 0 Å². The summed E-state index contributed by atoms with van der Waals surface area (Å²) in [5, 5.41) is 16.5. The van der Waals surface area contributed by atoms with E-state index in [4.69, 9.17) is 17.2 Å². The van der Waals surface area contributed by atoms with Crippen LogP contribution in [0.5, 0.6) is 0 Å². The maximum atomic E-state index is 10.6. The van der Waals surface area contributed by atoms with Gasteiger partial charge in [-0.05, 0) is 59.3 Å². The van der Waals surface area contributed by atoms with Crippen molar-refractivity contribution in [2.75, 3.05) is 28.9 Å². The number of hydrogen-bond acceptors (Lipinski definition) is 11. The second-order valence-electron chi connectivity index (χ2n) is 7.87. The number of benzene rings is 2. The molecule has 36 heavy (non-hydrogen) atoms. The summed E-state index contributed by atoms with van der Waals surface area (Å²) in [6.07, 6.45) is 0. The lowest BCUT2D eigenvalue weighted by Crippen LogP contribution is -2.41. The first-order valence-electron chi connectivity index (χ1n) is 10.8. The van der Waals surface area contributed by atoms with Gasteiger partial charge in [0.15, 0.2) is 0 Å². The second kappa shape index (κ2) is 9.68. The summed E-state index contributed by atoms with van der Waals surface area (Å²) in [4.78, 5) is 22.9. The molecule has 0 atom stereocenters. The van der Waals surface area contributed by atoms with Crippen molar-refractivity contribution < 1.29 is 4.92 Å². The molecule has 0 fully saturated rings. The molecule has 182 valence electrons. The largest absolute Gasteiger partial charge is 0.399 e. The Hall–Kier alpha value is -4.42. The van der Waals surface area contributed by atoms with E-state index < -0.39 is 4.92 Å². The molecule has 0 radical (unpaired) electrons. The quantitative estimate of drug-likeness (QED) is 0.209. The molecule has 4 aromatic rings. The van der Waals surface area contributed by atoms with Crippen LogP contribution < -0.4 is 46.8 Å². The number of fused-ring (bicyclic) bond motifs is 2. The lowest BCUT2D eigenvalue weighted by atomic mass is 10.2. The summed E-state index contributed by atoms with van der Waals surface area (Å²) in [5.41, 5.74) is 20.6. The van der Waals surface area contributed by atoms with Crippen molar-refractivity contribution in [1.82, 2.24) is 0 Å². The molecule has 12 heteroatoms. The number of hydrogen-bond donors (Lipinski definition) is 3. The van der Waals surface area contributed by atoms with Gasteiger partial charge in [-0.3, -0.25) is 20.1 Å². The van der Waals surface area contributed by atoms with E-state index in [1.165, 1.54) is 12.1 Å². The van der Waals surface area contributed by atoms with E-state index in [1.807, 2.05) is 57.0 Å². The molecule has 4 heterocycles. The zero-order valence-electron chi connectivity index (χ0n) is 18.9. The van der Waals surface area contributed by atoms with E-state index >= 15 is 0 Å². The molecule has 2 aliphatic heterocycles. The number of nitrogens with two attached hydrogens (primary N) is 3. The summed E-state index contributed by atoms with van der Waals surface area (Å²) < 4.78 is 1.94. The summed E-state index contributed by atoms with van der Waals surface area (Å²) in [6.45, 7) is 0.987. The highest BCUT2D eigenvalue weighted by Gasteiger charge is 2.16. The third kappa shape index (κ3) is 4.46. The summed E-state index contributed by atoms with van der Waals surface area (Å²) >= 11 is 3.16. The first-order valence-corrected chi connectivity index (χ1v) is 12.6. The summed E-state index contributed by atoms with van der Waals surface area (Å²) in [7, 11) is 0. The maximum absolute atomic E-state index is 10.6. The van der Waals surface area contributed by atoms with Crippen LogP contribution in [0.25, 0.3) is 11.6 Å². The number of nitro benzene ring substituents is 1. The van der Waals surface area contributed by atoms with Crippen molar-refractivity contribution >= 4 is 57.1 Å². The minimum Gasteiger partial charge on any atom is -0.399 e. The number of nitrogen functional groups attached to an aromatic ring is 1. The van der Waals surface area contributed by atoms with Crippen molar-refractivity contribution in [2.45, 2.75) is 0 Å². The van der Waals surface area contributed by atoms with Crippen LogP contribution in [0.1, 0.15) is 0 Å². The third-order valence-electron chi connectivity index (χ3n) is 5.71. The van der Waals surface area contributed by atoms with Crippen LogP contribution in [0.4, 0.5) is 22.7 Å². The zero-order chi connectivity index (χ0) is 25.2. The van der Waals surface area contributed by atoms with Gasteiger partial charge in [-0.15, -0.1) is 22.7 Å². The predicted octanol–water partition coefficient (Wildman–Crippen LogP) is 1.23. The highest BCUT2D eigenvalue weighted by molar-refractivity contribution is 7.07. The number of thiophene rings is 2. The van der Waals surface area contributed by atoms with Crippen LogP contribution in [0.2, 0.25) is 0 Å². The molecule has 0 aliphatic carbocycles. The van der Waals surface area contributed by atoms with E-state index in [0.717, 1.165) is 42.7 Å². The second-order valence-corrected chi connectivity index (χ2v) is 9.66. The van der Waals surface area contributed by atoms with Crippen LogP contribution in [0, 0.1) is 10.1 Å². The summed E-state index contributed by atoms with van der Waals surface area (Å²) in [5.74, 6) is 1.38. The van der Waals surface area contributed by atoms with Crippen molar-refractivity contribution in [3.63, 3.8) is 0 Å². The van der Waals surface area contributed by atoms with E-state index in [9.17, 15) is 10.1 Å². The van der Waals surface area contributed by atoms with Gasteiger partial charge in [0.1, 0.15) is 34.3 Å². The molecular weight excluding hydrogens is 496 g/mol. The molecule has 2 aromatic heterocycles. The predicted molar refractivity (Wildman–Crippen MR) is 144 cm³/mol. The van der Waals surface area contributed by atoms with Gasteiger partial charge >= 0.3 is 0 Å². The zero-order valence-corrected chi connectivity index (χ0v) is 20.6. The van der Waals surface area contributed by atoms with Gasteiger partial charge in [-0.1, -0.05) is 0 Å². The smallest absolute Gasteiger partial charge is 0.269 e. The van der Waals surface area contributed by atoms with Gasteiger partial charge in [0.2, 0.25) is 0 Å². The Morgan fingerprint density at radius 1 is 0.722 bits per heavy atom. The first kappa shape index (κ1) is 23.3. The van der Waals surface area contributed by atoms with Crippen molar-refractivity contribution in [2.24, 2.45) is 21.5 Å². The van der Waals surface area contributed by atoms with E-state index in [0.29, 0.717) is 19.2 Å². The topological polar surface area (TPSA) is 152 Å². The Balaban J connectivity index is 0.000000149. The van der Waals surface area contributed by atoms with Crippen LogP contribution in [-0.2, 0) is 0 Å². The Labute approximate surface area is 213 Å². The number of nitrogens with zero attached hydrogens (tertiary/aromatic N) is 5. The van der Waals surface area contributed by atoms with Gasteiger partial charge in [0.25, 0.3) is 5.69 Å². The number of anilines is 3. The number of nitro groups is 1. The van der Waals surface area contributed by atoms with Gasteiger partial charge < -0.3 is 27.0 Å². The van der Waals surface area contributed by atoms with E-state index in [1.54, 1.807) is 34.8 Å². The molecule has 0 saturated heterocycles. The van der Waals surface area contributed by atoms with Crippen molar-refractivity contribution in [3.8, 4) is 0 Å². The standard InChI is InChI=1S/C12H10N4O2S.C12H12N4S/c13-11-10-5-6-19-12(10)14-7-15(11)8-1-3-9(4-2-8)16(17)18;13-8-1-3-9(4-2-8)16-7-15-12-10(11(16)14)5-6-17-12/h1-6H,7,13H2;1-6H,7,13-14H2. The van der Waals surface area contributed by atoms with Gasteiger partial charge in [-0.2, -0.15) is 0 Å². The van der Waals surface area contributed by atoms with Gasteiger partial charge in [-0.25, -0.2) is 0 Å². The van der Waals surface area contributed by atoms with Crippen LogP contribution in [0.15, 0.2) is 81.4 Å². The van der Waals surface area contributed by atoms with Gasteiger partial charge in [0.05, 0.1) is 15.4 Å². The minimum absolute atomic E-state index is 0.0625. The average molecular weight is 519 g/mol. The minimum atomic E-state index is -0.422. The molecule has 0 bridgehead atoms. The third-order valence-corrected chi connectivity index (χ3v) is 7.40. The molecule has 0 unspecified atom stereocenters. The Bertz CT molecular complexity index is 1660. The lowest BCUT2D eigenvalue weighted by molar-refractivity contribution is -0.384. The van der Waals surface area contributed by atoms with Crippen LogP contribution in [-0.4, -0.2) is 18.3 Å². The van der Waals surface area contributed by atoms with Crippen molar-refractivity contribution in [3.05, 3.63) is 101 Å². The number of non-ortho nitro benzene ring substituents is 1. The van der Waals surface area contributed by atoms with Crippen LogP contribution >= 0.6 is 22.7 Å². The lowest BCUT2D eigenvalue weighted by Gasteiger charge is -2.24. The monoisotopic (exact) mass is 518 g/mol. The molecule has 0 amide bonds. The van der Waals surface area contributed by atoms with Gasteiger partial charge in [0, 0.05) is 29.2 Å². The van der Waals surface area contributed by atoms with E-state index in [-0.39, 0.29) is 5.69 Å². The molecule has 10 nitrogen and oxygen atoms in total. The fourth-order valence-corrected chi connectivity index (χ4v) is 5.33. The molecule has 6 rings (SSSR count). The normalized spacial score (nSPS) is 14.1. The highest BCUT2D eigenvalue weighted by Crippen LogP contribution is 2.22. The van der Waals surface area contributed by atoms with Crippen molar-refractivity contribution in [1.29, 1.82) is 0 Å². The molecule has 2 aliphatic rings. The molecule has 6 N–H and O–H groups in total. The molecule has 0 saturated carbocycles. The Morgan fingerprint density at radius 3 is 1.61 bits per heavy atom. The SMILES string of the molecule is NC1=c2ccsc2=NCN1c1ccc(N)cc1.NC1=c2ccsc2=NCN1c1ccc([N+](=O)[O-])cc1. The van der Waals surface area contributed by atoms with E-state index in [2.05, 4.69) is 9.98 Å². The molecule has 2 aromatic carbocycles. The summed E-state index contributed by atoms with van der Waals surface area (Å²) in [6, 6.07) is 17.9.